The summed E-state index contributed by atoms with van der Waals surface area (Å²) in [6.45, 7) is -0.0405. The quantitative estimate of drug-likeness (QED) is 0.450. The van der Waals surface area contributed by atoms with Crippen molar-refractivity contribution in [2.24, 2.45) is 0 Å². The van der Waals surface area contributed by atoms with Crippen molar-refractivity contribution in [1.29, 1.82) is 0 Å². The molecule has 0 aliphatic heterocycles. The van der Waals surface area contributed by atoms with Crippen molar-refractivity contribution < 1.29 is 22.1 Å². The Balaban J connectivity index is 1.96. The maximum atomic E-state index is 13.1. The van der Waals surface area contributed by atoms with Crippen LogP contribution in [0.5, 0.6) is 0 Å². The lowest BCUT2D eigenvalue weighted by molar-refractivity contribution is -0.384. The van der Waals surface area contributed by atoms with Gasteiger partial charge in [0.25, 0.3) is 5.69 Å². The number of nitro benzene ring substituents is 1. The molecule has 2 N–H and O–H groups in total. The molecule has 0 atom stereocenters. The first-order valence-electron chi connectivity index (χ1n) is 6.73. The van der Waals surface area contributed by atoms with Crippen LogP contribution in [-0.4, -0.2) is 26.4 Å². The van der Waals surface area contributed by atoms with Crippen molar-refractivity contribution in [3.8, 4) is 0 Å². The Morgan fingerprint density at radius 2 is 1.75 bits per heavy atom. The maximum absolute atomic E-state index is 13.1. The van der Waals surface area contributed by atoms with Gasteiger partial charge < -0.3 is 5.32 Å². The summed E-state index contributed by atoms with van der Waals surface area (Å²) < 4.78 is 52.0. The van der Waals surface area contributed by atoms with Gasteiger partial charge in [0, 0.05) is 19.2 Å². The van der Waals surface area contributed by atoms with Crippen LogP contribution in [0.15, 0.2) is 47.4 Å². The van der Waals surface area contributed by atoms with E-state index >= 15 is 0 Å². The van der Waals surface area contributed by atoms with Crippen molar-refractivity contribution in [3.63, 3.8) is 0 Å². The highest BCUT2D eigenvalue weighted by Gasteiger charge is 2.16. The molecule has 2 rings (SSSR count). The van der Waals surface area contributed by atoms with E-state index < -0.39 is 31.5 Å². The topological polar surface area (TPSA) is 101 Å². The fourth-order valence-electron chi connectivity index (χ4n) is 1.89. The largest absolute Gasteiger partial charge is 0.378 e. The van der Waals surface area contributed by atoms with E-state index in [0.29, 0.717) is 6.07 Å². The summed E-state index contributed by atoms with van der Waals surface area (Å²) in [4.78, 5) is 9.87. The molecule has 0 spiro atoms. The second-order valence-corrected chi connectivity index (χ2v) is 6.44. The summed E-state index contributed by atoms with van der Waals surface area (Å²) >= 11 is 0. The van der Waals surface area contributed by atoms with Crippen LogP contribution in [0.1, 0.15) is 0 Å². The fraction of sp³-hybridized carbons (Fsp3) is 0.143. The zero-order chi connectivity index (χ0) is 17.7. The summed E-state index contributed by atoms with van der Waals surface area (Å²) in [5.74, 6) is -2.41. The number of benzene rings is 2. The Kier molecular flexibility index (Phi) is 5.42. The molecule has 0 aliphatic rings. The number of nitrogens with zero attached hydrogens (tertiary/aromatic N) is 1. The Labute approximate surface area is 136 Å². The first-order valence-corrected chi connectivity index (χ1v) is 8.21. The van der Waals surface area contributed by atoms with Crippen molar-refractivity contribution in [2.75, 3.05) is 18.4 Å². The fourth-order valence-corrected chi connectivity index (χ4v) is 2.94. The lowest BCUT2D eigenvalue weighted by atomic mass is 10.2. The van der Waals surface area contributed by atoms with Gasteiger partial charge in [-0.15, -0.1) is 0 Å². The monoisotopic (exact) mass is 357 g/mol. The van der Waals surface area contributed by atoms with Gasteiger partial charge in [0.2, 0.25) is 10.0 Å². The van der Waals surface area contributed by atoms with Gasteiger partial charge in [0.1, 0.15) is 5.69 Å². The minimum absolute atomic E-state index is 0.0633. The molecule has 0 radical (unpaired) electrons. The second kappa shape index (κ2) is 7.32. The van der Waals surface area contributed by atoms with E-state index in [4.69, 9.17) is 0 Å². The predicted molar refractivity (Wildman–Crippen MR) is 83.1 cm³/mol. The van der Waals surface area contributed by atoms with Crippen molar-refractivity contribution in [1.82, 2.24) is 4.72 Å². The minimum atomic E-state index is -4.01. The highest BCUT2D eigenvalue weighted by molar-refractivity contribution is 7.89. The molecule has 0 unspecified atom stereocenters. The van der Waals surface area contributed by atoms with E-state index in [2.05, 4.69) is 10.0 Å². The van der Waals surface area contributed by atoms with Gasteiger partial charge in [0.15, 0.2) is 11.6 Å². The van der Waals surface area contributed by atoms with E-state index in [1.807, 2.05) is 0 Å². The standard InChI is InChI=1S/C14H13F2N3O4S/c15-11-6-5-10(9-12(11)16)24(22,23)18-8-7-17-13-3-1-2-4-14(13)19(20)21/h1-6,9,17-18H,7-8H2. The zero-order valence-corrected chi connectivity index (χ0v) is 13.0. The molecule has 7 nitrogen and oxygen atoms in total. The highest BCUT2D eigenvalue weighted by atomic mass is 32.2. The molecular formula is C14H13F2N3O4S. The highest BCUT2D eigenvalue weighted by Crippen LogP contribution is 2.22. The lowest BCUT2D eigenvalue weighted by Crippen LogP contribution is -2.29. The molecular weight excluding hydrogens is 344 g/mol. The lowest BCUT2D eigenvalue weighted by Gasteiger charge is -2.09. The molecule has 10 heteroatoms. The van der Waals surface area contributed by atoms with Gasteiger partial charge in [-0.3, -0.25) is 10.1 Å². The molecule has 2 aromatic rings. The number of hydrogen-bond donors (Lipinski definition) is 2. The van der Waals surface area contributed by atoms with Gasteiger partial charge in [-0.25, -0.2) is 21.9 Å². The molecule has 24 heavy (non-hydrogen) atoms. The molecule has 0 aromatic heterocycles. The van der Waals surface area contributed by atoms with E-state index in [0.717, 1.165) is 12.1 Å². The average Bonchev–Trinajstić information content (AvgIpc) is 2.54. The van der Waals surface area contributed by atoms with Gasteiger partial charge in [0.05, 0.1) is 9.82 Å². The molecule has 0 bridgehead atoms. The van der Waals surface area contributed by atoms with Crippen LogP contribution in [0.4, 0.5) is 20.2 Å². The summed E-state index contributed by atoms with van der Waals surface area (Å²) in [6, 6.07) is 8.14. The van der Waals surface area contributed by atoms with Crippen LogP contribution in [0, 0.1) is 21.7 Å². The first kappa shape index (κ1) is 17.8. The molecule has 0 fully saturated rings. The van der Waals surface area contributed by atoms with E-state index in [1.165, 1.54) is 18.2 Å². The van der Waals surface area contributed by atoms with Crippen LogP contribution in [-0.2, 0) is 10.0 Å². The molecule has 0 saturated carbocycles. The molecule has 0 aliphatic carbocycles. The molecule has 2 aromatic carbocycles. The number of sulfonamides is 1. The Morgan fingerprint density at radius 3 is 2.42 bits per heavy atom. The number of nitro groups is 1. The molecule has 0 amide bonds. The number of anilines is 1. The Hall–Kier alpha value is -2.59. The van der Waals surface area contributed by atoms with Crippen LogP contribution in [0.2, 0.25) is 0 Å². The van der Waals surface area contributed by atoms with E-state index in [9.17, 15) is 27.3 Å². The molecule has 0 heterocycles. The Bertz CT molecular complexity index is 859. The Morgan fingerprint density at radius 1 is 1.04 bits per heavy atom. The number of para-hydroxylation sites is 2. The van der Waals surface area contributed by atoms with Crippen LogP contribution >= 0.6 is 0 Å². The van der Waals surface area contributed by atoms with Crippen LogP contribution < -0.4 is 10.0 Å². The van der Waals surface area contributed by atoms with Crippen molar-refractivity contribution >= 4 is 21.4 Å². The van der Waals surface area contributed by atoms with Crippen molar-refractivity contribution in [2.45, 2.75) is 4.90 Å². The van der Waals surface area contributed by atoms with E-state index in [-0.39, 0.29) is 24.5 Å². The number of hydrogen-bond acceptors (Lipinski definition) is 5. The number of halogens is 2. The van der Waals surface area contributed by atoms with Crippen molar-refractivity contribution in [3.05, 3.63) is 64.2 Å². The van der Waals surface area contributed by atoms with Crippen LogP contribution in [0.25, 0.3) is 0 Å². The maximum Gasteiger partial charge on any atom is 0.292 e. The average molecular weight is 357 g/mol. The van der Waals surface area contributed by atoms with Gasteiger partial charge >= 0.3 is 0 Å². The zero-order valence-electron chi connectivity index (χ0n) is 12.2. The summed E-state index contributed by atoms with van der Waals surface area (Å²) in [6.07, 6.45) is 0. The SMILES string of the molecule is O=[N+]([O-])c1ccccc1NCCNS(=O)(=O)c1ccc(F)c(F)c1. The summed E-state index contributed by atoms with van der Waals surface area (Å²) in [7, 11) is -4.01. The second-order valence-electron chi connectivity index (χ2n) is 4.67. The first-order chi connectivity index (χ1) is 11.3. The summed E-state index contributed by atoms with van der Waals surface area (Å²) in [5, 5.41) is 13.6. The summed E-state index contributed by atoms with van der Waals surface area (Å²) in [5.41, 5.74) is 0.107. The van der Waals surface area contributed by atoms with Gasteiger partial charge in [-0.05, 0) is 24.3 Å². The number of rotatable bonds is 7. The third-order valence-electron chi connectivity index (χ3n) is 3.03. The minimum Gasteiger partial charge on any atom is -0.378 e. The van der Waals surface area contributed by atoms with Gasteiger partial charge in [-0.2, -0.15) is 0 Å². The smallest absolute Gasteiger partial charge is 0.292 e. The predicted octanol–water partition coefficient (Wildman–Crippen LogP) is 2.26. The number of nitrogens with one attached hydrogen (secondary N) is 2. The third kappa shape index (κ3) is 4.24. The normalized spacial score (nSPS) is 11.2. The molecule has 0 saturated heterocycles. The van der Waals surface area contributed by atoms with E-state index in [1.54, 1.807) is 6.07 Å². The third-order valence-corrected chi connectivity index (χ3v) is 4.49. The molecule has 128 valence electrons. The van der Waals surface area contributed by atoms with Crippen LogP contribution in [0.3, 0.4) is 0 Å². The van der Waals surface area contributed by atoms with Gasteiger partial charge in [-0.1, -0.05) is 12.1 Å².